The Kier molecular flexibility index (Phi) is 7.20. The fourth-order valence-corrected chi connectivity index (χ4v) is 3.92. The van der Waals surface area contributed by atoms with Crippen LogP contribution in [0.15, 0.2) is 12.4 Å². The average molecular weight is 391 g/mol. The molecule has 2 unspecified atom stereocenters. The van der Waals surface area contributed by atoms with Gasteiger partial charge in [0.2, 0.25) is 0 Å². The molecule has 156 valence electrons. The van der Waals surface area contributed by atoms with E-state index in [0.717, 1.165) is 32.2 Å². The van der Waals surface area contributed by atoms with E-state index in [4.69, 9.17) is 4.74 Å². The maximum absolute atomic E-state index is 12.7. The van der Waals surface area contributed by atoms with Crippen molar-refractivity contribution in [2.45, 2.75) is 76.8 Å². The summed E-state index contributed by atoms with van der Waals surface area (Å²) in [6.07, 6.45) is 10.9. The third-order valence-corrected chi connectivity index (χ3v) is 5.72. The van der Waals surface area contributed by atoms with Crippen molar-refractivity contribution in [2.75, 3.05) is 25.5 Å². The summed E-state index contributed by atoms with van der Waals surface area (Å²) in [5.74, 6) is -1.00. The van der Waals surface area contributed by atoms with E-state index in [0.29, 0.717) is 24.2 Å². The molecule has 0 radical (unpaired) electrons. The molecule has 3 heterocycles. The van der Waals surface area contributed by atoms with Crippen LogP contribution in [0.4, 0.5) is 5.82 Å². The molecule has 3 rings (SSSR count). The molecule has 1 fully saturated rings. The molecule has 0 aromatic carbocycles. The van der Waals surface area contributed by atoms with Crippen molar-refractivity contribution in [3.8, 4) is 0 Å². The Balaban J connectivity index is 1.76. The van der Waals surface area contributed by atoms with Gasteiger partial charge in [-0.2, -0.15) is 0 Å². The van der Waals surface area contributed by atoms with Crippen LogP contribution in [0.25, 0.3) is 0 Å². The van der Waals surface area contributed by atoms with Crippen LogP contribution >= 0.6 is 0 Å². The molecule has 1 aromatic heterocycles. The number of rotatable bonds is 10. The van der Waals surface area contributed by atoms with E-state index in [9.17, 15) is 4.79 Å². The zero-order valence-corrected chi connectivity index (χ0v) is 17.3. The number of fused-ring (bicyclic) bond motifs is 1. The third kappa shape index (κ3) is 4.98. The highest BCUT2D eigenvalue weighted by Gasteiger charge is 2.42. The number of anilines is 1. The molecule has 3 atom stereocenters. The molecule has 1 aromatic rings. The maximum atomic E-state index is 12.7. The molecule has 0 saturated carbocycles. The average Bonchev–Trinajstić information content (AvgIpc) is 3.11. The summed E-state index contributed by atoms with van der Waals surface area (Å²) in [4.78, 5) is 23.5. The molecule has 8 heteroatoms. The summed E-state index contributed by atoms with van der Waals surface area (Å²) in [5, 5.41) is 9.79. The van der Waals surface area contributed by atoms with Crippen LogP contribution in [0.3, 0.4) is 0 Å². The number of nitrogens with zero attached hydrogens (tertiary/aromatic N) is 3. The molecule has 2 aliphatic heterocycles. The van der Waals surface area contributed by atoms with Gasteiger partial charge in [0.25, 0.3) is 11.9 Å². The minimum Gasteiger partial charge on any atom is -0.324 e. The molecule has 3 N–H and O–H groups in total. The van der Waals surface area contributed by atoms with Gasteiger partial charge >= 0.3 is 0 Å². The van der Waals surface area contributed by atoms with Crippen LogP contribution in [0.2, 0.25) is 0 Å². The quantitative estimate of drug-likeness (QED) is 0.417. The highest BCUT2D eigenvalue weighted by Crippen LogP contribution is 2.24. The Morgan fingerprint density at radius 1 is 1.32 bits per heavy atom. The predicted molar refractivity (Wildman–Crippen MR) is 109 cm³/mol. The molecule has 28 heavy (non-hydrogen) atoms. The second-order valence-corrected chi connectivity index (χ2v) is 7.85. The second kappa shape index (κ2) is 9.62. The van der Waals surface area contributed by atoms with Gasteiger partial charge in [-0.3, -0.25) is 15.4 Å². The number of carbonyl (C=O) groups excluding carboxylic acids is 1. The first-order valence-corrected chi connectivity index (χ1v) is 10.6. The van der Waals surface area contributed by atoms with E-state index >= 15 is 0 Å². The minimum atomic E-state index is -1.17. The summed E-state index contributed by atoms with van der Waals surface area (Å²) < 4.78 is 6.33. The molecule has 8 nitrogen and oxygen atoms in total. The lowest BCUT2D eigenvalue weighted by molar-refractivity contribution is -0.0909. The number of likely N-dealkylation sites (N-methyl/N-ethyl adjacent to an activating group) is 1. The number of carbonyl (C=O) groups is 1. The van der Waals surface area contributed by atoms with Crippen LogP contribution in [0.1, 0.15) is 69.3 Å². The van der Waals surface area contributed by atoms with Crippen molar-refractivity contribution in [1.82, 2.24) is 25.5 Å². The van der Waals surface area contributed by atoms with E-state index in [-0.39, 0.29) is 11.9 Å². The topological polar surface area (TPSA) is 91.4 Å². The lowest BCUT2D eigenvalue weighted by Gasteiger charge is -2.42. The van der Waals surface area contributed by atoms with E-state index in [1.165, 1.54) is 25.5 Å². The number of aromatic nitrogens is 2. The van der Waals surface area contributed by atoms with Crippen molar-refractivity contribution in [2.24, 2.45) is 0 Å². The van der Waals surface area contributed by atoms with Crippen LogP contribution in [-0.2, 0) is 4.74 Å². The molecular formula is C20H34N6O2. The van der Waals surface area contributed by atoms with E-state index in [2.05, 4.69) is 51.7 Å². The molecule has 1 amide bonds. The molecule has 0 bridgehead atoms. The molecule has 0 spiro atoms. The minimum absolute atomic E-state index is 0.221. The predicted octanol–water partition coefficient (Wildman–Crippen LogP) is 2.30. The first-order chi connectivity index (χ1) is 13.6. The van der Waals surface area contributed by atoms with Crippen molar-refractivity contribution in [3.63, 3.8) is 0 Å². The Hall–Kier alpha value is -1.77. The maximum Gasteiger partial charge on any atom is 0.283 e. The summed E-state index contributed by atoms with van der Waals surface area (Å²) in [6.45, 7) is 5.96. The lowest BCUT2D eigenvalue weighted by atomic mass is 10.1. The first kappa shape index (κ1) is 21.0. The third-order valence-electron chi connectivity index (χ3n) is 5.72. The zero-order chi connectivity index (χ0) is 20.0. The zero-order valence-electron chi connectivity index (χ0n) is 17.3. The number of nitrogens with one attached hydrogen (secondary N) is 3. The van der Waals surface area contributed by atoms with Crippen molar-refractivity contribution in [3.05, 3.63) is 18.1 Å². The molecular weight excluding hydrogens is 356 g/mol. The summed E-state index contributed by atoms with van der Waals surface area (Å²) in [6, 6.07) is 0.569. The van der Waals surface area contributed by atoms with Crippen LogP contribution in [0, 0.1) is 0 Å². The molecule has 1 saturated heterocycles. The normalized spacial score (nSPS) is 25.8. The smallest absolute Gasteiger partial charge is 0.283 e. The van der Waals surface area contributed by atoms with Crippen molar-refractivity contribution < 1.29 is 9.53 Å². The van der Waals surface area contributed by atoms with E-state index in [1.807, 2.05) is 0 Å². The van der Waals surface area contributed by atoms with Gasteiger partial charge in [0.05, 0.1) is 6.61 Å². The van der Waals surface area contributed by atoms with Crippen LogP contribution in [-0.4, -0.2) is 59.0 Å². The Morgan fingerprint density at radius 3 is 2.86 bits per heavy atom. The van der Waals surface area contributed by atoms with Gasteiger partial charge in [-0.25, -0.2) is 9.97 Å². The van der Waals surface area contributed by atoms with Gasteiger partial charge in [-0.05, 0) is 39.3 Å². The number of likely N-dealkylation sites (tertiary alicyclic amines) is 1. The fourth-order valence-electron chi connectivity index (χ4n) is 3.92. The number of ether oxygens (including phenoxy) is 1. The van der Waals surface area contributed by atoms with Crippen molar-refractivity contribution in [1.29, 1.82) is 0 Å². The van der Waals surface area contributed by atoms with Gasteiger partial charge in [0, 0.05) is 24.5 Å². The largest absolute Gasteiger partial charge is 0.324 e. The SMILES string of the molecule is CCCCCC(CC)NC1(OC[C@@H]2CCCN2C)NC(=O)c2nccnc2N1. The molecule has 2 aliphatic rings. The summed E-state index contributed by atoms with van der Waals surface area (Å²) >= 11 is 0. The van der Waals surface area contributed by atoms with Gasteiger partial charge in [0.1, 0.15) is 0 Å². The van der Waals surface area contributed by atoms with Crippen LogP contribution < -0.4 is 16.0 Å². The Bertz CT molecular complexity index is 657. The standard InChI is InChI=1S/C20H34N6O2/c1-4-6-7-9-15(5-2)23-20(28-14-16-10-8-13-26(16)3)24-18-17(19(27)25-20)21-11-12-22-18/h11-12,15-16,23H,4-10,13-14H2,1-3H3,(H,22,24)(H,25,27)/t15?,16-,20?/m0/s1. The number of amides is 1. The Labute approximate surface area is 167 Å². The highest BCUT2D eigenvalue weighted by atomic mass is 16.5. The monoisotopic (exact) mass is 390 g/mol. The van der Waals surface area contributed by atoms with Gasteiger partial charge in [-0.1, -0.05) is 33.1 Å². The first-order valence-electron chi connectivity index (χ1n) is 10.6. The van der Waals surface area contributed by atoms with Crippen molar-refractivity contribution >= 4 is 11.7 Å². The van der Waals surface area contributed by atoms with Gasteiger partial charge < -0.3 is 15.0 Å². The summed E-state index contributed by atoms with van der Waals surface area (Å²) in [7, 11) is 2.12. The lowest BCUT2D eigenvalue weighted by Crippen LogP contribution is -2.70. The van der Waals surface area contributed by atoms with E-state index in [1.54, 1.807) is 6.20 Å². The van der Waals surface area contributed by atoms with Gasteiger partial charge in [-0.15, -0.1) is 0 Å². The van der Waals surface area contributed by atoms with E-state index < -0.39 is 5.97 Å². The fraction of sp³-hybridized carbons (Fsp3) is 0.750. The number of hydrogen-bond acceptors (Lipinski definition) is 7. The number of unbranched alkanes of at least 4 members (excludes halogenated alkanes) is 2. The number of hydrogen-bond donors (Lipinski definition) is 3. The summed E-state index contributed by atoms with van der Waals surface area (Å²) in [5.41, 5.74) is 0.292. The van der Waals surface area contributed by atoms with Gasteiger partial charge in [0.15, 0.2) is 11.5 Å². The Morgan fingerprint density at radius 2 is 2.14 bits per heavy atom. The van der Waals surface area contributed by atoms with Crippen LogP contribution in [0.5, 0.6) is 0 Å². The second-order valence-electron chi connectivity index (χ2n) is 7.85. The highest BCUT2D eigenvalue weighted by molar-refractivity contribution is 5.98. The molecule has 0 aliphatic carbocycles.